The Labute approximate surface area is 127 Å². The van der Waals surface area contributed by atoms with Crippen LogP contribution in [0, 0.1) is 6.92 Å². The number of H-pyrrole nitrogens is 1. The quantitative estimate of drug-likeness (QED) is 0.778. The topological polar surface area (TPSA) is 57.8 Å². The molecular weight excluding hydrogens is 286 g/mol. The van der Waals surface area contributed by atoms with E-state index in [0.29, 0.717) is 17.1 Å². The smallest absolute Gasteiger partial charge is 0.251 e. The van der Waals surface area contributed by atoms with Crippen molar-refractivity contribution in [3.63, 3.8) is 0 Å². The zero-order valence-corrected chi connectivity index (χ0v) is 12.2. The number of carbonyl (C=O) groups is 1. The van der Waals surface area contributed by atoms with Crippen LogP contribution in [-0.2, 0) is 6.54 Å². The van der Waals surface area contributed by atoms with Crippen LogP contribution in [0.15, 0.2) is 42.5 Å². The van der Waals surface area contributed by atoms with Gasteiger partial charge in [0.2, 0.25) is 0 Å². The van der Waals surface area contributed by atoms with Crippen LogP contribution < -0.4 is 5.32 Å². The van der Waals surface area contributed by atoms with Gasteiger partial charge in [0.05, 0.1) is 17.6 Å². The summed E-state index contributed by atoms with van der Waals surface area (Å²) < 4.78 is 0. The van der Waals surface area contributed by atoms with Crippen molar-refractivity contribution >= 4 is 28.5 Å². The summed E-state index contributed by atoms with van der Waals surface area (Å²) in [6, 6.07) is 13.0. The SMILES string of the molecule is Cc1ccc(Cl)cc1C(=O)NCc1nc2ccccc2[nH]1. The number of carbonyl (C=O) groups excluding carboxylic acids is 1. The second kappa shape index (κ2) is 5.58. The standard InChI is InChI=1S/C16H14ClN3O/c1-10-6-7-11(17)8-12(10)16(21)18-9-15-19-13-4-2-3-5-14(13)20-15/h2-8H,9H2,1H3,(H,18,21)(H,19,20). The number of nitrogens with one attached hydrogen (secondary N) is 2. The molecule has 5 heteroatoms. The first-order chi connectivity index (χ1) is 10.1. The fraction of sp³-hybridized carbons (Fsp3) is 0.125. The highest BCUT2D eigenvalue weighted by molar-refractivity contribution is 6.31. The lowest BCUT2D eigenvalue weighted by Gasteiger charge is -2.06. The van der Waals surface area contributed by atoms with Crippen molar-refractivity contribution in [3.8, 4) is 0 Å². The van der Waals surface area contributed by atoms with E-state index in [-0.39, 0.29) is 5.91 Å². The van der Waals surface area contributed by atoms with Crippen molar-refractivity contribution in [1.82, 2.24) is 15.3 Å². The molecule has 3 aromatic rings. The van der Waals surface area contributed by atoms with Crippen molar-refractivity contribution in [2.45, 2.75) is 13.5 Å². The second-order valence-electron chi connectivity index (χ2n) is 4.84. The molecule has 2 aromatic carbocycles. The normalized spacial score (nSPS) is 10.8. The molecule has 21 heavy (non-hydrogen) atoms. The predicted molar refractivity (Wildman–Crippen MR) is 83.5 cm³/mol. The number of benzene rings is 2. The summed E-state index contributed by atoms with van der Waals surface area (Å²) in [6.45, 7) is 2.23. The van der Waals surface area contributed by atoms with Gasteiger partial charge in [-0.3, -0.25) is 4.79 Å². The van der Waals surface area contributed by atoms with Crippen LogP contribution in [-0.4, -0.2) is 15.9 Å². The number of rotatable bonds is 3. The number of aromatic nitrogens is 2. The van der Waals surface area contributed by atoms with Crippen molar-refractivity contribution < 1.29 is 4.79 Å². The average Bonchev–Trinajstić information content (AvgIpc) is 2.90. The number of aromatic amines is 1. The molecule has 3 rings (SSSR count). The molecule has 0 spiro atoms. The van der Waals surface area contributed by atoms with Crippen LogP contribution >= 0.6 is 11.6 Å². The monoisotopic (exact) mass is 299 g/mol. The molecule has 0 aliphatic carbocycles. The van der Waals surface area contributed by atoms with Crippen LogP contribution in [0.5, 0.6) is 0 Å². The molecule has 106 valence electrons. The Morgan fingerprint density at radius 3 is 2.90 bits per heavy atom. The maximum Gasteiger partial charge on any atom is 0.251 e. The maximum absolute atomic E-state index is 12.2. The number of imidazole rings is 1. The molecule has 0 radical (unpaired) electrons. The summed E-state index contributed by atoms with van der Waals surface area (Å²) in [7, 11) is 0. The second-order valence-corrected chi connectivity index (χ2v) is 5.28. The first-order valence-electron chi connectivity index (χ1n) is 6.61. The number of halogens is 1. The molecule has 0 bridgehead atoms. The molecule has 0 saturated carbocycles. The number of nitrogens with zero attached hydrogens (tertiary/aromatic N) is 1. The Balaban J connectivity index is 1.74. The van der Waals surface area contributed by atoms with Gasteiger partial charge in [0.25, 0.3) is 5.91 Å². The number of hydrogen-bond acceptors (Lipinski definition) is 2. The number of amides is 1. The summed E-state index contributed by atoms with van der Waals surface area (Å²) in [6.07, 6.45) is 0. The van der Waals surface area contributed by atoms with Crippen LogP contribution in [0.25, 0.3) is 11.0 Å². The molecule has 0 saturated heterocycles. The first-order valence-corrected chi connectivity index (χ1v) is 6.99. The highest BCUT2D eigenvalue weighted by atomic mass is 35.5. The van der Waals surface area contributed by atoms with Gasteiger partial charge in [0.15, 0.2) is 0 Å². The van der Waals surface area contributed by atoms with E-state index < -0.39 is 0 Å². The van der Waals surface area contributed by atoms with Crippen LogP contribution in [0.3, 0.4) is 0 Å². The van der Waals surface area contributed by atoms with Crippen molar-refractivity contribution in [1.29, 1.82) is 0 Å². The molecule has 2 N–H and O–H groups in total. The van der Waals surface area contributed by atoms with Crippen molar-refractivity contribution in [2.24, 2.45) is 0 Å². The Morgan fingerprint density at radius 1 is 1.29 bits per heavy atom. The highest BCUT2D eigenvalue weighted by Crippen LogP contribution is 2.15. The van der Waals surface area contributed by atoms with Gasteiger partial charge in [-0.2, -0.15) is 0 Å². The first kappa shape index (κ1) is 13.6. The van der Waals surface area contributed by atoms with Crippen molar-refractivity contribution in [2.75, 3.05) is 0 Å². The Hall–Kier alpha value is -2.33. The third-order valence-corrected chi connectivity index (χ3v) is 3.53. The van der Waals surface area contributed by atoms with Gasteiger partial charge in [-0.1, -0.05) is 29.8 Å². The lowest BCUT2D eigenvalue weighted by atomic mass is 10.1. The van der Waals surface area contributed by atoms with E-state index in [2.05, 4.69) is 15.3 Å². The molecule has 0 aliphatic heterocycles. The number of para-hydroxylation sites is 2. The molecule has 0 unspecified atom stereocenters. The molecule has 1 amide bonds. The third-order valence-electron chi connectivity index (χ3n) is 3.30. The van der Waals surface area contributed by atoms with E-state index in [1.807, 2.05) is 37.3 Å². The number of hydrogen-bond donors (Lipinski definition) is 2. The van der Waals surface area contributed by atoms with Gasteiger partial charge >= 0.3 is 0 Å². The van der Waals surface area contributed by atoms with Gasteiger partial charge in [0.1, 0.15) is 5.82 Å². The van der Waals surface area contributed by atoms with E-state index in [1.165, 1.54) is 0 Å². The lowest BCUT2D eigenvalue weighted by molar-refractivity contribution is 0.0949. The number of aryl methyl sites for hydroxylation is 1. The Morgan fingerprint density at radius 2 is 2.10 bits per heavy atom. The highest BCUT2D eigenvalue weighted by Gasteiger charge is 2.10. The minimum atomic E-state index is -0.157. The summed E-state index contributed by atoms with van der Waals surface area (Å²) >= 11 is 5.93. The van der Waals surface area contributed by atoms with E-state index >= 15 is 0 Å². The van der Waals surface area contributed by atoms with Crippen LogP contribution in [0.2, 0.25) is 5.02 Å². The summed E-state index contributed by atoms with van der Waals surface area (Å²) in [4.78, 5) is 19.8. The molecule has 1 aromatic heterocycles. The van der Waals surface area contributed by atoms with Gasteiger partial charge in [-0.15, -0.1) is 0 Å². The Kier molecular flexibility index (Phi) is 3.62. The van der Waals surface area contributed by atoms with E-state index in [9.17, 15) is 4.79 Å². The number of fused-ring (bicyclic) bond motifs is 1. The minimum Gasteiger partial charge on any atom is -0.345 e. The van der Waals surface area contributed by atoms with E-state index in [1.54, 1.807) is 12.1 Å². The summed E-state index contributed by atoms with van der Waals surface area (Å²) in [5.41, 5.74) is 3.32. The largest absolute Gasteiger partial charge is 0.345 e. The van der Waals surface area contributed by atoms with E-state index in [4.69, 9.17) is 11.6 Å². The summed E-state index contributed by atoms with van der Waals surface area (Å²) in [5.74, 6) is 0.569. The third kappa shape index (κ3) is 2.90. The van der Waals surface area contributed by atoms with Gasteiger partial charge in [0, 0.05) is 10.6 Å². The molecule has 1 heterocycles. The van der Waals surface area contributed by atoms with Gasteiger partial charge in [-0.05, 0) is 36.8 Å². The fourth-order valence-corrected chi connectivity index (χ4v) is 2.36. The van der Waals surface area contributed by atoms with E-state index in [0.717, 1.165) is 22.4 Å². The summed E-state index contributed by atoms with van der Waals surface area (Å²) in [5, 5.41) is 3.40. The predicted octanol–water partition coefficient (Wildman–Crippen LogP) is 3.45. The Bertz CT molecular complexity index is 777. The molecule has 4 nitrogen and oxygen atoms in total. The maximum atomic E-state index is 12.2. The van der Waals surface area contributed by atoms with Gasteiger partial charge < -0.3 is 10.3 Å². The zero-order chi connectivity index (χ0) is 14.8. The van der Waals surface area contributed by atoms with Crippen LogP contribution in [0.1, 0.15) is 21.7 Å². The average molecular weight is 300 g/mol. The van der Waals surface area contributed by atoms with Crippen molar-refractivity contribution in [3.05, 3.63) is 64.4 Å². The van der Waals surface area contributed by atoms with Crippen LogP contribution in [0.4, 0.5) is 0 Å². The lowest BCUT2D eigenvalue weighted by Crippen LogP contribution is -2.24. The molecule has 0 fully saturated rings. The molecular formula is C16H14ClN3O. The fourth-order valence-electron chi connectivity index (χ4n) is 2.19. The molecule has 0 aliphatic rings. The molecule has 0 atom stereocenters. The zero-order valence-electron chi connectivity index (χ0n) is 11.5. The minimum absolute atomic E-state index is 0.157. The van der Waals surface area contributed by atoms with Gasteiger partial charge in [-0.25, -0.2) is 4.98 Å².